The largest absolute Gasteiger partial charge is 0.352 e. The number of nitrogens with two attached hydrogens (primary N) is 2. The summed E-state index contributed by atoms with van der Waals surface area (Å²) in [6.45, 7) is 0. The third kappa shape index (κ3) is 5.90. The fourth-order valence-corrected chi connectivity index (χ4v) is 3.71. The lowest BCUT2D eigenvalue weighted by Gasteiger charge is -2.13. The summed E-state index contributed by atoms with van der Waals surface area (Å²) in [6, 6.07) is -0.314. The molecule has 0 aromatic rings. The van der Waals surface area contributed by atoms with Gasteiger partial charge >= 0.3 is 0 Å². The van der Waals surface area contributed by atoms with E-state index in [1.54, 1.807) is 0 Å². The molecule has 0 aliphatic heterocycles. The molecule has 0 saturated heterocycles. The van der Waals surface area contributed by atoms with E-state index < -0.39 is 12.1 Å². The van der Waals surface area contributed by atoms with Crippen molar-refractivity contribution in [1.29, 1.82) is 0 Å². The van der Waals surface area contributed by atoms with Gasteiger partial charge in [-0.05, 0) is 25.7 Å². The van der Waals surface area contributed by atoms with Crippen LogP contribution in [0.15, 0.2) is 0 Å². The summed E-state index contributed by atoms with van der Waals surface area (Å²) in [6.07, 6.45) is 4.24. The van der Waals surface area contributed by atoms with Crippen molar-refractivity contribution in [3.05, 3.63) is 0 Å². The van der Waals surface area contributed by atoms with Crippen molar-refractivity contribution >= 4 is 33.4 Å². The molecular formula is C12H22N4O2S2. The molecule has 0 heterocycles. The van der Waals surface area contributed by atoms with Crippen LogP contribution in [-0.2, 0) is 9.59 Å². The first-order valence-electron chi connectivity index (χ1n) is 6.92. The lowest BCUT2D eigenvalue weighted by atomic mass is 10.3. The molecule has 2 fully saturated rings. The van der Waals surface area contributed by atoms with Crippen LogP contribution in [0, 0.1) is 0 Å². The molecule has 0 unspecified atom stereocenters. The van der Waals surface area contributed by atoms with Crippen LogP contribution < -0.4 is 22.1 Å². The van der Waals surface area contributed by atoms with Gasteiger partial charge < -0.3 is 22.1 Å². The van der Waals surface area contributed by atoms with Crippen LogP contribution in [0.1, 0.15) is 25.7 Å². The van der Waals surface area contributed by atoms with E-state index in [4.69, 9.17) is 11.5 Å². The molecule has 0 radical (unpaired) electrons. The van der Waals surface area contributed by atoms with Crippen LogP contribution in [0.4, 0.5) is 0 Å². The number of carbonyl (C=O) groups is 2. The topological polar surface area (TPSA) is 110 Å². The molecule has 20 heavy (non-hydrogen) atoms. The average Bonchev–Trinajstić information content (AvgIpc) is 3.29. The monoisotopic (exact) mass is 318 g/mol. The minimum atomic E-state index is -0.496. The highest BCUT2D eigenvalue weighted by Gasteiger charge is 2.27. The summed E-state index contributed by atoms with van der Waals surface area (Å²) in [4.78, 5) is 23.2. The second-order valence-corrected chi connectivity index (χ2v) is 7.90. The van der Waals surface area contributed by atoms with Crippen LogP contribution in [0.2, 0.25) is 0 Å². The van der Waals surface area contributed by atoms with E-state index in [0.29, 0.717) is 23.6 Å². The van der Waals surface area contributed by atoms with E-state index >= 15 is 0 Å². The molecule has 6 N–H and O–H groups in total. The second-order valence-electron chi connectivity index (χ2n) is 5.35. The maximum Gasteiger partial charge on any atom is 0.238 e. The molecule has 2 aliphatic rings. The Hall–Kier alpha value is -0.440. The third-order valence-corrected chi connectivity index (χ3v) is 5.57. The van der Waals surface area contributed by atoms with Crippen LogP contribution in [-0.4, -0.2) is 47.5 Å². The van der Waals surface area contributed by atoms with Gasteiger partial charge in [0, 0.05) is 23.6 Å². The number of nitrogens with one attached hydrogen (secondary N) is 2. The number of carbonyl (C=O) groups excluding carboxylic acids is 2. The minimum absolute atomic E-state index is 0.0867. The fourth-order valence-electron chi connectivity index (χ4n) is 1.47. The average molecular weight is 318 g/mol. The van der Waals surface area contributed by atoms with E-state index in [0.717, 1.165) is 25.7 Å². The molecule has 0 bridgehead atoms. The van der Waals surface area contributed by atoms with E-state index in [2.05, 4.69) is 10.6 Å². The predicted octanol–water partition coefficient (Wildman–Crippen LogP) is -0.420. The van der Waals surface area contributed by atoms with Crippen molar-refractivity contribution in [1.82, 2.24) is 10.6 Å². The summed E-state index contributed by atoms with van der Waals surface area (Å²) in [5.41, 5.74) is 11.6. The van der Waals surface area contributed by atoms with E-state index in [9.17, 15) is 9.59 Å². The summed E-state index contributed by atoms with van der Waals surface area (Å²) in [7, 11) is 2.98. The first kappa shape index (κ1) is 15.9. The molecule has 2 amide bonds. The van der Waals surface area contributed by atoms with Gasteiger partial charge in [-0.15, -0.1) is 0 Å². The van der Waals surface area contributed by atoms with E-state index in [1.807, 2.05) is 0 Å². The number of amides is 2. The Labute approximate surface area is 126 Å². The summed E-state index contributed by atoms with van der Waals surface area (Å²) >= 11 is 0. The Balaban J connectivity index is 1.50. The molecule has 2 rings (SSSR count). The van der Waals surface area contributed by atoms with Gasteiger partial charge in [0.2, 0.25) is 11.8 Å². The molecule has 0 aromatic heterocycles. The molecule has 0 spiro atoms. The molecular weight excluding hydrogens is 296 g/mol. The van der Waals surface area contributed by atoms with Crippen molar-refractivity contribution in [3.8, 4) is 0 Å². The van der Waals surface area contributed by atoms with E-state index in [1.165, 1.54) is 21.6 Å². The van der Waals surface area contributed by atoms with Gasteiger partial charge in [-0.1, -0.05) is 21.6 Å². The lowest BCUT2D eigenvalue weighted by molar-refractivity contribution is -0.122. The van der Waals surface area contributed by atoms with Gasteiger partial charge in [-0.25, -0.2) is 0 Å². The van der Waals surface area contributed by atoms with Crippen LogP contribution in [0.3, 0.4) is 0 Å². The van der Waals surface area contributed by atoms with Crippen molar-refractivity contribution in [2.75, 3.05) is 11.5 Å². The predicted molar refractivity (Wildman–Crippen MR) is 83.2 cm³/mol. The van der Waals surface area contributed by atoms with Crippen molar-refractivity contribution in [2.24, 2.45) is 11.5 Å². The maximum atomic E-state index is 11.6. The highest BCUT2D eigenvalue weighted by molar-refractivity contribution is 8.76. The third-order valence-electron chi connectivity index (χ3n) is 3.10. The van der Waals surface area contributed by atoms with Crippen LogP contribution in [0.25, 0.3) is 0 Å². The second kappa shape index (κ2) is 7.53. The maximum absolute atomic E-state index is 11.6. The Kier molecular flexibility index (Phi) is 6.01. The van der Waals surface area contributed by atoms with Crippen molar-refractivity contribution in [2.45, 2.75) is 49.9 Å². The molecule has 2 aliphatic carbocycles. The summed E-state index contributed by atoms with van der Waals surface area (Å²) in [5, 5.41) is 5.75. The van der Waals surface area contributed by atoms with Crippen molar-refractivity contribution < 1.29 is 9.59 Å². The van der Waals surface area contributed by atoms with Gasteiger partial charge in [0.25, 0.3) is 0 Å². The summed E-state index contributed by atoms with van der Waals surface area (Å²) in [5.74, 6) is 0.883. The SMILES string of the molecule is N[C@@H](CSSC[C@H](N)C(=O)NC1CC1)C(=O)NC1CC1. The highest BCUT2D eigenvalue weighted by atomic mass is 33.1. The zero-order valence-corrected chi connectivity index (χ0v) is 13.0. The Morgan fingerprint density at radius 1 is 0.900 bits per heavy atom. The Bertz CT molecular complexity index is 327. The summed E-state index contributed by atoms with van der Waals surface area (Å²) < 4.78 is 0. The van der Waals surface area contributed by atoms with Gasteiger partial charge in [-0.2, -0.15) is 0 Å². The minimum Gasteiger partial charge on any atom is -0.352 e. The van der Waals surface area contributed by atoms with Gasteiger partial charge in [-0.3, -0.25) is 9.59 Å². The van der Waals surface area contributed by atoms with Crippen molar-refractivity contribution in [3.63, 3.8) is 0 Å². The quantitative estimate of drug-likeness (QED) is 0.339. The molecule has 114 valence electrons. The Morgan fingerprint density at radius 3 is 1.55 bits per heavy atom. The smallest absolute Gasteiger partial charge is 0.238 e. The van der Waals surface area contributed by atoms with E-state index in [-0.39, 0.29) is 11.8 Å². The number of rotatable bonds is 9. The zero-order chi connectivity index (χ0) is 14.5. The first-order chi connectivity index (χ1) is 9.56. The molecule has 6 nitrogen and oxygen atoms in total. The highest BCUT2D eigenvalue weighted by Crippen LogP contribution is 2.24. The fraction of sp³-hybridized carbons (Fsp3) is 0.833. The lowest BCUT2D eigenvalue weighted by Crippen LogP contribution is -2.43. The molecule has 2 saturated carbocycles. The number of hydrogen-bond donors (Lipinski definition) is 4. The van der Waals surface area contributed by atoms with Crippen LogP contribution in [0.5, 0.6) is 0 Å². The Morgan fingerprint density at radius 2 is 1.25 bits per heavy atom. The van der Waals surface area contributed by atoms with Gasteiger partial charge in [0.1, 0.15) is 0 Å². The number of hydrogen-bond acceptors (Lipinski definition) is 6. The van der Waals surface area contributed by atoms with Gasteiger partial charge in [0.05, 0.1) is 12.1 Å². The molecule has 0 aromatic carbocycles. The van der Waals surface area contributed by atoms with Gasteiger partial charge in [0.15, 0.2) is 0 Å². The first-order valence-corrected chi connectivity index (χ1v) is 9.41. The normalized spacial score (nSPS) is 21.1. The molecule has 8 heteroatoms. The zero-order valence-electron chi connectivity index (χ0n) is 11.3. The van der Waals surface area contributed by atoms with Crippen LogP contribution >= 0.6 is 21.6 Å². The standard InChI is InChI=1S/C12H22N4O2S2/c13-9(11(17)15-7-1-2-7)5-19-20-6-10(14)12(18)16-8-3-4-8/h7-10H,1-6,13-14H2,(H,15,17)(H,16,18)/t9-,10-/m0/s1. The molecule has 2 atom stereocenters.